The molecule has 0 saturated carbocycles. The van der Waals surface area contributed by atoms with Crippen molar-refractivity contribution in [1.29, 1.82) is 0 Å². The standard InChI is InChI=1S/C28H21F4N3O7S/c1-39-19-6-3-17(4-7-19)16-34(26-11-12-41-33-26)43(37,38)20-8-9-22-18(13-20)5-10-27(36)35(22)23-14-21(29)24(15-25(23)40-2)42-28(30,31)32/h3-15H,16H2,1-2H3. The molecular formula is C28H21F4N3O7S. The van der Waals surface area contributed by atoms with Gasteiger partial charge in [0.25, 0.3) is 15.6 Å². The van der Waals surface area contributed by atoms with Crippen molar-refractivity contribution >= 4 is 26.7 Å². The molecule has 0 saturated heterocycles. The average Bonchev–Trinajstić information content (AvgIpc) is 3.50. The van der Waals surface area contributed by atoms with Gasteiger partial charge in [-0.2, -0.15) is 0 Å². The van der Waals surface area contributed by atoms with Crippen LogP contribution in [-0.2, 0) is 16.6 Å². The Hall–Kier alpha value is -5.05. The number of aromatic nitrogens is 2. The second-order valence-corrected chi connectivity index (χ2v) is 10.8. The van der Waals surface area contributed by atoms with Crippen LogP contribution in [-0.4, -0.2) is 38.7 Å². The van der Waals surface area contributed by atoms with Crippen LogP contribution in [0.5, 0.6) is 17.2 Å². The van der Waals surface area contributed by atoms with Gasteiger partial charge >= 0.3 is 6.36 Å². The number of hydrogen-bond donors (Lipinski definition) is 0. The Balaban J connectivity index is 1.60. The molecule has 3 aromatic carbocycles. The fourth-order valence-corrected chi connectivity index (χ4v) is 5.78. The second-order valence-electron chi connectivity index (χ2n) is 8.95. The van der Waals surface area contributed by atoms with Gasteiger partial charge in [0.05, 0.1) is 36.9 Å². The van der Waals surface area contributed by atoms with Gasteiger partial charge in [-0.3, -0.25) is 9.36 Å². The number of sulfonamides is 1. The summed E-state index contributed by atoms with van der Waals surface area (Å²) in [7, 11) is -1.65. The number of benzene rings is 3. The summed E-state index contributed by atoms with van der Waals surface area (Å²) >= 11 is 0. The van der Waals surface area contributed by atoms with Gasteiger partial charge in [-0.1, -0.05) is 17.3 Å². The first-order chi connectivity index (χ1) is 20.4. The van der Waals surface area contributed by atoms with Crippen LogP contribution in [0.2, 0.25) is 0 Å². The Labute approximate surface area is 241 Å². The van der Waals surface area contributed by atoms with Crippen LogP contribution in [0.4, 0.5) is 23.4 Å². The Morgan fingerprint density at radius 1 is 0.930 bits per heavy atom. The monoisotopic (exact) mass is 619 g/mol. The van der Waals surface area contributed by atoms with Gasteiger partial charge in [-0.25, -0.2) is 17.1 Å². The third kappa shape index (κ3) is 5.97. The Morgan fingerprint density at radius 2 is 1.67 bits per heavy atom. The maximum absolute atomic E-state index is 14.7. The van der Waals surface area contributed by atoms with Crippen molar-refractivity contribution in [2.24, 2.45) is 0 Å². The molecule has 0 aliphatic carbocycles. The molecule has 43 heavy (non-hydrogen) atoms. The van der Waals surface area contributed by atoms with Gasteiger partial charge in [-0.05, 0) is 42.0 Å². The number of alkyl halides is 3. The summed E-state index contributed by atoms with van der Waals surface area (Å²) in [5.74, 6) is -2.26. The molecule has 0 aliphatic heterocycles. The van der Waals surface area contributed by atoms with Gasteiger partial charge < -0.3 is 18.7 Å². The Kier molecular flexibility index (Phi) is 7.75. The molecular weight excluding hydrogens is 598 g/mol. The highest BCUT2D eigenvalue weighted by Gasteiger charge is 2.33. The van der Waals surface area contributed by atoms with Crippen LogP contribution in [0.15, 0.2) is 93.3 Å². The molecule has 2 aromatic heterocycles. The smallest absolute Gasteiger partial charge is 0.497 e. The number of rotatable bonds is 9. The number of halogens is 4. The lowest BCUT2D eigenvalue weighted by atomic mass is 10.2. The summed E-state index contributed by atoms with van der Waals surface area (Å²) in [5.41, 5.74) is -0.177. The topological polar surface area (TPSA) is 113 Å². The number of fused-ring (bicyclic) bond motifs is 1. The average molecular weight is 620 g/mol. The molecule has 2 heterocycles. The number of pyridine rings is 1. The van der Waals surface area contributed by atoms with Gasteiger partial charge in [0.2, 0.25) is 0 Å². The van der Waals surface area contributed by atoms with Crippen LogP contribution in [0.1, 0.15) is 5.56 Å². The first-order valence-corrected chi connectivity index (χ1v) is 13.7. The third-order valence-electron chi connectivity index (χ3n) is 6.32. The molecule has 5 aromatic rings. The number of anilines is 1. The Bertz CT molecular complexity index is 1940. The summed E-state index contributed by atoms with van der Waals surface area (Å²) < 4.78 is 102. The summed E-state index contributed by atoms with van der Waals surface area (Å²) in [6.07, 6.45) is -3.94. The zero-order chi connectivity index (χ0) is 30.9. The Morgan fingerprint density at radius 3 is 2.30 bits per heavy atom. The zero-order valence-electron chi connectivity index (χ0n) is 22.3. The molecule has 0 amide bonds. The van der Waals surface area contributed by atoms with E-state index in [4.69, 9.17) is 14.0 Å². The number of hydrogen-bond acceptors (Lipinski definition) is 8. The van der Waals surface area contributed by atoms with E-state index in [1.807, 2.05) is 0 Å². The molecule has 15 heteroatoms. The fourth-order valence-electron chi connectivity index (χ4n) is 4.35. The van der Waals surface area contributed by atoms with Crippen molar-refractivity contribution in [2.75, 3.05) is 18.5 Å². The van der Waals surface area contributed by atoms with Crippen LogP contribution in [0.3, 0.4) is 0 Å². The second kappa shape index (κ2) is 11.3. The highest BCUT2D eigenvalue weighted by atomic mass is 32.2. The van der Waals surface area contributed by atoms with E-state index >= 15 is 0 Å². The molecule has 10 nitrogen and oxygen atoms in total. The van der Waals surface area contributed by atoms with E-state index in [1.54, 1.807) is 24.3 Å². The minimum absolute atomic E-state index is 0.0160. The lowest BCUT2D eigenvalue weighted by Gasteiger charge is -2.22. The highest BCUT2D eigenvalue weighted by molar-refractivity contribution is 7.92. The number of nitrogens with zero attached hydrogens (tertiary/aromatic N) is 3. The SMILES string of the molecule is COc1ccc(CN(c2ccon2)S(=O)(=O)c2ccc3c(ccc(=O)n3-c3cc(F)c(OC(F)(F)F)cc3OC)c2)cc1. The molecule has 0 N–H and O–H groups in total. The van der Waals surface area contributed by atoms with Crippen molar-refractivity contribution in [2.45, 2.75) is 17.8 Å². The van der Waals surface area contributed by atoms with E-state index in [9.17, 15) is 30.8 Å². The van der Waals surface area contributed by atoms with E-state index in [-0.39, 0.29) is 39.6 Å². The van der Waals surface area contributed by atoms with Crippen molar-refractivity contribution < 1.29 is 44.7 Å². The van der Waals surface area contributed by atoms with E-state index in [1.165, 1.54) is 43.7 Å². The first kappa shape index (κ1) is 29.4. The zero-order valence-corrected chi connectivity index (χ0v) is 23.1. The predicted octanol–water partition coefficient (Wildman–Crippen LogP) is 5.43. The molecule has 0 atom stereocenters. The predicted molar refractivity (Wildman–Crippen MR) is 146 cm³/mol. The van der Waals surface area contributed by atoms with Crippen molar-refractivity contribution in [3.05, 3.63) is 101 Å². The van der Waals surface area contributed by atoms with Crippen LogP contribution in [0, 0.1) is 5.82 Å². The third-order valence-corrected chi connectivity index (χ3v) is 8.06. The van der Waals surface area contributed by atoms with Gasteiger partial charge in [0.1, 0.15) is 17.8 Å². The van der Waals surface area contributed by atoms with Gasteiger partial charge in [0, 0.05) is 29.7 Å². The summed E-state index contributed by atoms with van der Waals surface area (Å²) in [6, 6.07) is 15.8. The van der Waals surface area contributed by atoms with Crippen molar-refractivity contribution in [3.8, 4) is 22.9 Å². The summed E-state index contributed by atoms with van der Waals surface area (Å²) in [5, 5.41) is 4.03. The largest absolute Gasteiger partial charge is 0.573 e. The lowest BCUT2D eigenvalue weighted by Crippen LogP contribution is -2.31. The molecule has 0 spiro atoms. The van der Waals surface area contributed by atoms with Gasteiger partial charge in [-0.15, -0.1) is 13.2 Å². The molecule has 0 radical (unpaired) electrons. The number of methoxy groups -OCH3 is 2. The summed E-state index contributed by atoms with van der Waals surface area (Å²) in [6.45, 7) is -0.112. The number of ether oxygens (including phenoxy) is 3. The van der Waals surface area contributed by atoms with Crippen molar-refractivity contribution in [1.82, 2.24) is 9.72 Å². The maximum Gasteiger partial charge on any atom is 0.573 e. The lowest BCUT2D eigenvalue weighted by molar-refractivity contribution is -0.275. The molecule has 0 aliphatic rings. The van der Waals surface area contributed by atoms with E-state index in [0.717, 1.165) is 22.0 Å². The highest BCUT2D eigenvalue weighted by Crippen LogP contribution is 2.35. The van der Waals surface area contributed by atoms with E-state index in [0.29, 0.717) is 23.4 Å². The van der Waals surface area contributed by atoms with Crippen molar-refractivity contribution in [3.63, 3.8) is 0 Å². The first-order valence-electron chi connectivity index (χ1n) is 12.3. The van der Waals surface area contributed by atoms with Gasteiger partial charge in [0.15, 0.2) is 17.4 Å². The summed E-state index contributed by atoms with van der Waals surface area (Å²) in [4.78, 5) is 12.8. The normalized spacial score (nSPS) is 11.9. The molecule has 0 fully saturated rings. The minimum Gasteiger partial charge on any atom is -0.497 e. The minimum atomic E-state index is -5.17. The molecule has 224 valence electrons. The molecule has 5 rings (SSSR count). The molecule has 0 bridgehead atoms. The molecule has 0 unspecified atom stereocenters. The fraction of sp³-hybridized carbons (Fsp3) is 0.143. The quantitative estimate of drug-likeness (QED) is 0.201. The van der Waals surface area contributed by atoms with E-state index < -0.39 is 33.5 Å². The maximum atomic E-state index is 14.7. The van der Waals surface area contributed by atoms with Crippen LogP contribution in [0.25, 0.3) is 16.6 Å². The van der Waals surface area contributed by atoms with E-state index in [2.05, 4.69) is 9.89 Å². The van der Waals surface area contributed by atoms with Crippen LogP contribution < -0.4 is 24.1 Å². The van der Waals surface area contributed by atoms with Crippen LogP contribution >= 0.6 is 0 Å².